The molecule has 1 aliphatic rings. The highest BCUT2D eigenvalue weighted by Crippen LogP contribution is 2.21. The van der Waals surface area contributed by atoms with Gasteiger partial charge in [0.1, 0.15) is 6.54 Å². The lowest BCUT2D eigenvalue weighted by Crippen LogP contribution is -2.49. The van der Waals surface area contributed by atoms with Gasteiger partial charge in [0.25, 0.3) is 0 Å². The Balaban J connectivity index is 2.22. The summed E-state index contributed by atoms with van der Waals surface area (Å²) in [6, 6.07) is 0.238. The fourth-order valence-corrected chi connectivity index (χ4v) is 2.10. The van der Waals surface area contributed by atoms with Crippen molar-refractivity contribution < 1.29 is 19.4 Å². The number of rotatable bonds is 7. The van der Waals surface area contributed by atoms with Crippen LogP contribution in [0.25, 0.3) is 0 Å². The lowest BCUT2D eigenvalue weighted by Gasteiger charge is -2.19. The average Bonchev–Trinajstić information content (AvgIpc) is 2.56. The van der Waals surface area contributed by atoms with Gasteiger partial charge >= 0.3 is 11.8 Å². The van der Waals surface area contributed by atoms with Crippen LogP contribution < -0.4 is 5.73 Å². The van der Waals surface area contributed by atoms with Gasteiger partial charge in [-0.2, -0.15) is 0 Å². The summed E-state index contributed by atoms with van der Waals surface area (Å²) >= 11 is 0. The quantitative estimate of drug-likeness (QED) is 0.306. The minimum atomic E-state index is -0.972. The Hall–Kier alpha value is -0.780. The maximum Gasteiger partial charge on any atom is 0.353 e. The fourth-order valence-electron chi connectivity index (χ4n) is 2.10. The first-order valence-corrected chi connectivity index (χ1v) is 6.44. The topological polar surface area (TPSA) is 80.4 Å². The molecule has 0 bridgehead atoms. The van der Waals surface area contributed by atoms with Gasteiger partial charge in [0, 0.05) is 12.5 Å². The Labute approximate surface area is 102 Å². The molecule has 5 nitrogen and oxygen atoms in total. The number of carbonyl (C=O) groups is 2. The van der Waals surface area contributed by atoms with Crippen LogP contribution in [0.3, 0.4) is 0 Å². The van der Waals surface area contributed by atoms with E-state index >= 15 is 0 Å². The van der Waals surface area contributed by atoms with Crippen LogP contribution in [0.5, 0.6) is 0 Å². The van der Waals surface area contributed by atoms with Gasteiger partial charge in [-0.15, -0.1) is 0 Å². The molecular formula is C12H23N2O3+. The number of hydrogen-bond acceptors (Lipinski definition) is 4. The van der Waals surface area contributed by atoms with Crippen molar-refractivity contribution >= 4 is 11.8 Å². The summed E-state index contributed by atoms with van der Waals surface area (Å²) in [4.78, 5) is 22.8. The SMILES string of the molecule is CCC(N)CCCCC[N+]1(O)C(=O)CCC1=O. The number of quaternary nitrogens is 1. The summed E-state index contributed by atoms with van der Waals surface area (Å²) in [5, 5.41) is 9.90. The Bertz CT molecular complexity index is 275. The van der Waals surface area contributed by atoms with Crippen molar-refractivity contribution in [1.82, 2.24) is 0 Å². The monoisotopic (exact) mass is 243 g/mol. The van der Waals surface area contributed by atoms with Crippen molar-refractivity contribution in [3.63, 3.8) is 0 Å². The third-order valence-corrected chi connectivity index (χ3v) is 3.46. The minimum Gasteiger partial charge on any atom is -0.328 e. The van der Waals surface area contributed by atoms with E-state index < -0.39 is 4.65 Å². The third kappa shape index (κ3) is 3.59. The van der Waals surface area contributed by atoms with E-state index in [4.69, 9.17) is 5.73 Å². The van der Waals surface area contributed by atoms with E-state index in [0.29, 0.717) is 6.42 Å². The molecule has 0 saturated carbocycles. The molecule has 0 aliphatic carbocycles. The van der Waals surface area contributed by atoms with Crippen molar-refractivity contribution in [3.8, 4) is 0 Å². The summed E-state index contributed by atoms with van der Waals surface area (Å²) < 4.78 is -0.972. The zero-order valence-electron chi connectivity index (χ0n) is 10.5. The van der Waals surface area contributed by atoms with Crippen LogP contribution in [0, 0.1) is 0 Å². The molecule has 2 amide bonds. The fraction of sp³-hybridized carbons (Fsp3) is 0.833. The summed E-state index contributed by atoms with van der Waals surface area (Å²) in [5.74, 6) is -0.722. The van der Waals surface area contributed by atoms with Gasteiger partial charge in [-0.25, -0.2) is 14.8 Å². The Morgan fingerprint density at radius 1 is 1.24 bits per heavy atom. The van der Waals surface area contributed by atoms with Crippen LogP contribution in [0.1, 0.15) is 51.9 Å². The predicted molar refractivity (Wildman–Crippen MR) is 62.9 cm³/mol. The molecule has 0 radical (unpaired) electrons. The summed E-state index contributed by atoms with van der Waals surface area (Å²) in [7, 11) is 0. The van der Waals surface area contributed by atoms with Crippen LogP contribution in [0.4, 0.5) is 0 Å². The van der Waals surface area contributed by atoms with Crippen molar-refractivity contribution in [2.45, 2.75) is 57.9 Å². The van der Waals surface area contributed by atoms with Gasteiger partial charge in [0.2, 0.25) is 0 Å². The molecule has 1 unspecified atom stereocenters. The molecule has 1 fully saturated rings. The van der Waals surface area contributed by atoms with Crippen LogP contribution in [-0.2, 0) is 9.59 Å². The molecule has 5 heteroatoms. The Morgan fingerprint density at radius 3 is 2.35 bits per heavy atom. The van der Waals surface area contributed by atoms with Gasteiger partial charge in [-0.05, 0) is 19.3 Å². The van der Waals surface area contributed by atoms with Gasteiger partial charge in [0.05, 0.1) is 12.8 Å². The molecule has 0 aromatic carbocycles. The maximum atomic E-state index is 11.4. The number of hydroxylamine groups is 3. The molecule has 0 aromatic rings. The van der Waals surface area contributed by atoms with E-state index in [2.05, 4.69) is 6.92 Å². The van der Waals surface area contributed by atoms with Crippen molar-refractivity contribution in [2.24, 2.45) is 5.73 Å². The lowest BCUT2D eigenvalue weighted by atomic mass is 10.1. The zero-order chi connectivity index (χ0) is 12.9. The standard InChI is InChI=1S/C12H23N2O3/c1-2-10(13)6-4-3-5-9-14(17)11(15)7-8-12(14)16/h10,17H,2-9,13H2,1H3/q+1. The van der Waals surface area contributed by atoms with Crippen LogP contribution in [0.2, 0.25) is 0 Å². The van der Waals surface area contributed by atoms with E-state index in [-0.39, 0.29) is 37.2 Å². The highest BCUT2D eigenvalue weighted by atomic mass is 16.6. The lowest BCUT2D eigenvalue weighted by molar-refractivity contribution is -0.971. The summed E-state index contributed by atoms with van der Waals surface area (Å²) in [5.41, 5.74) is 5.79. The molecule has 98 valence electrons. The summed E-state index contributed by atoms with van der Waals surface area (Å²) in [6.07, 6.45) is 4.85. The Morgan fingerprint density at radius 2 is 1.82 bits per heavy atom. The number of carbonyl (C=O) groups excluding carboxylic acids is 2. The molecule has 0 spiro atoms. The normalized spacial score (nSPS) is 20.9. The van der Waals surface area contributed by atoms with Crippen molar-refractivity contribution in [2.75, 3.05) is 6.54 Å². The largest absolute Gasteiger partial charge is 0.353 e. The third-order valence-electron chi connectivity index (χ3n) is 3.46. The van der Waals surface area contributed by atoms with E-state index in [1.165, 1.54) is 0 Å². The highest BCUT2D eigenvalue weighted by Gasteiger charge is 2.49. The molecule has 1 aliphatic heterocycles. The number of likely N-dealkylation sites (tertiary alicyclic amines) is 1. The van der Waals surface area contributed by atoms with Gasteiger partial charge < -0.3 is 5.73 Å². The Kier molecular flexibility index (Phi) is 5.24. The number of unbranched alkanes of at least 4 members (excludes halogenated alkanes) is 2. The average molecular weight is 243 g/mol. The summed E-state index contributed by atoms with van der Waals surface area (Å²) in [6.45, 7) is 2.28. The molecule has 1 heterocycles. The van der Waals surface area contributed by atoms with E-state index in [1.54, 1.807) is 0 Å². The second kappa shape index (κ2) is 6.23. The first-order valence-electron chi connectivity index (χ1n) is 6.44. The van der Waals surface area contributed by atoms with E-state index in [0.717, 1.165) is 25.7 Å². The first-order chi connectivity index (χ1) is 8.00. The van der Waals surface area contributed by atoms with E-state index in [9.17, 15) is 14.8 Å². The number of hydrogen-bond donors (Lipinski definition) is 2. The molecule has 1 atom stereocenters. The van der Waals surface area contributed by atoms with Crippen LogP contribution >= 0.6 is 0 Å². The zero-order valence-corrected chi connectivity index (χ0v) is 10.5. The number of nitrogens with two attached hydrogens (primary N) is 1. The van der Waals surface area contributed by atoms with Crippen LogP contribution in [0.15, 0.2) is 0 Å². The molecule has 1 rings (SSSR count). The highest BCUT2D eigenvalue weighted by molar-refractivity contribution is 5.90. The second-order valence-corrected chi connectivity index (χ2v) is 4.80. The van der Waals surface area contributed by atoms with Crippen LogP contribution in [-0.4, -0.2) is 34.3 Å². The molecule has 3 N–H and O–H groups in total. The minimum absolute atomic E-state index is 0.177. The molecule has 0 aromatic heterocycles. The smallest absolute Gasteiger partial charge is 0.328 e. The molecule has 17 heavy (non-hydrogen) atoms. The van der Waals surface area contributed by atoms with E-state index in [1.807, 2.05) is 0 Å². The van der Waals surface area contributed by atoms with Gasteiger partial charge in [-0.1, -0.05) is 18.0 Å². The molecule has 1 saturated heterocycles. The molecular weight excluding hydrogens is 220 g/mol. The number of nitrogens with zero attached hydrogens (tertiary/aromatic N) is 1. The van der Waals surface area contributed by atoms with Gasteiger partial charge in [0.15, 0.2) is 0 Å². The maximum absolute atomic E-state index is 11.4. The predicted octanol–water partition coefficient (Wildman–Crippen LogP) is 1.34. The first kappa shape index (κ1) is 14.3. The van der Waals surface area contributed by atoms with Gasteiger partial charge in [-0.3, -0.25) is 0 Å². The van der Waals surface area contributed by atoms with Crippen molar-refractivity contribution in [3.05, 3.63) is 0 Å². The second-order valence-electron chi connectivity index (χ2n) is 4.80. The number of amides is 2. The number of imide groups is 1. The van der Waals surface area contributed by atoms with Crippen molar-refractivity contribution in [1.29, 1.82) is 0 Å².